The maximum atomic E-state index is 11.8. The van der Waals surface area contributed by atoms with Crippen molar-refractivity contribution in [3.05, 3.63) is 41.6 Å². The normalized spacial score (nSPS) is 10.9. The van der Waals surface area contributed by atoms with E-state index in [1.54, 1.807) is 19.4 Å². The average molecular weight is 228 g/mol. The fourth-order valence-electron chi connectivity index (χ4n) is 1.59. The van der Waals surface area contributed by atoms with E-state index >= 15 is 0 Å². The molecule has 0 spiro atoms. The SMILES string of the molecule is Cn1cnc2c(cnn2-c2cncnc2)c1=O. The summed E-state index contributed by atoms with van der Waals surface area (Å²) < 4.78 is 2.95. The number of aryl methyl sites for hydroxylation is 1. The monoisotopic (exact) mass is 228 g/mol. The summed E-state index contributed by atoms with van der Waals surface area (Å²) >= 11 is 0. The molecule has 7 nitrogen and oxygen atoms in total. The number of rotatable bonds is 1. The number of aromatic nitrogens is 6. The summed E-state index contributed by atoms with van der Waals surface area (Å²) in [5.74, 6) is 0. The van der Waals surface area contributed by atoms with Gasteiger partial charge in [0.1, 0.15) is 17.4 Å². The number of hydrogen-bond donors (Lipinski definition) is 0. The maximum absolute atomic E-state index is 11.8. The van der Waals surface area contributed by atoms with Crippen LogP contribution in [0.5, 0.6) is 0 Å². The first-order chi connectivity index (χ1) is 8.27. The molecule has 0 saturated carbocycles. The zero-order valence-corrected chi connectivity index (χ0v) is 8.98. The number of fused-ring (bicyclic) bond motifs is 1. The van der Waals surface area contributed by atoms with Crippen LogP contribution < -0.4 is 5.56 Å². The van der Waals surface area contributed by atoms with E-state index in [1.807, 2.05) is 0 Å². The summed E-state index contributed by atoms with van der Waals surface area (Å²) in [7, 11) is 1.65. The average Bonchev–Trinajstić information content (AvgIpc) is 2.79. The zero-order chi connectivity index (χ0) is 11.8. The first-order valence-electron chi connectivity index (χ1n) is 4.92. The lowest BCUT2D eigenvalue weighted by molar-refractivity contribution is 0.829. The van der Waals surface area contributed by atoms with Crippen molar-refractivity contribution in [1.29, 1.82) is 0 Å². The van der Waals surface area contributed by atoms with Crippen molar-refractivity contribution in [2.24, 2.45) is 7.05 Å². The van der Waals surface area contributed by atoms with Crippen molar-refractivity contribution in [2.45, 2.75) is 0 Å². The van der Waals surface area contributed by atoms with Crippen LogP contribution in [0.15, 0.2) is 36.0 Å². The molecule has 84 valence electrons. The number of nitrogens with zero attached hydrogens (tertiary/aromatic N) is 6. The summed E-state index contributed by atoms with van der Waals surface area (Å²) in [5, 5.41) is 4.60. The predicted molar refractivity (Wildman–Crippen MR) is 59.7 cm³/mol. The Labute approximate surface area is 95.4 Å². The molecule has 0 N–H and O–H groups in total. The zero-order valence-electron chi connectivity index (χ0n) is 8.98. The lowest BCUT2D eigenvalue weighted by Gasteiger charge is -2.01. The molecule has 3 aromatic rings. The molecule has 17 heavy (non-hydrogen) atoms. The summed E-state index contributed by atoms with van der Waals surface area (Å²) in [5.41, 5.74) is 1.05. The Morgan fingerprint density at radius 1 is 1.18 bits per heavy atom. The van der Waals surface area contributed by atoms with Crippen molar-refractivity contribution in [3.63, 3.8) is 0 Å². The van der Waals surface area contributed by atoms with Crippen molar-refractivity contribution in [2.75, 3.05) is 0 Å². The molecule has 3 heterocycles. The van der Waals surface area contributed by atoms with E-state index in [2.05, 4.69) is 20.1 Å². The van der Waals surface area contributed by atoms with Gasteiger partial charge in [-0.05, 0) is 0 Å². The molecular formula is C10H8N6O. The Kier molecular flexibility index (Phi) is 1.97. The van der Waals surface area contributed by atoms with E-state index < -0.39 is 0 Å². The highest BCUT2D eigenvalue weighted by atomic mass is 16.1. The highest BCUT2D eigenvalue weighted by Gasteiger charge is 2.09. The first-order valence-corrected chi connectivity index (χ1v) is 4.92. The Hall–Kier alpha value is -2.57. The molecule has 0 aliphatic rings. The van der Waals surface area contributed by atoms with Gasteiger partial charge in [0.2, 0.25) is 0 Å². The van der Waals surface area contributed by atoms with Gasteiger partial charge in [0.05, 0.1) is 24.9 Å². The standard InChI is InChI=1S/C10H8N6O/c1-15-6-13-9-8(10(15)17)4-14-16(9)7-2-11-5-12-3-7/h2-6H,1H3. The molecular weight excluding hydrogens is 220 g/mol. The fourth-order valence-corrected chi connectivity index (χ4v) is 1.59. The third kappa shape index (κ3) is 1.40. The minimum Gasteiger partial charge on any atom is -0.302 e. The third-order valence-electron chi connectivity index (χ3n) is 2.44. The fraction of sp³-hybridized carbons (Fsp3) is 0.100. The van der Waals surface area contributed by atoms with Crippen molar-refractivity contribution < 1.29 is 0 Å². The van der Waals surface area contributed by atoms with E-state index in [9.17, 15) is 4.79 Å². The summed E-state index contributed by atoms with van der Waals surface area (Å²) in [4.78, 5) is 23.8. The molecule has 3 aromatic heterocycles. The van der Waals surface area contributed by atoms with Gasteiger partial charge in [0.15, 0.2) is 5.65 Å². The van der Waals surface area contributed by atoms with Gasteiger partial charge in [-0.1, -0.05) is 0 Å². The lowest BCUT2D eigenvalue weighted by atomic mass is 10.4. The second-order valence-electron chi connectivity index (χ2n) is 3.55. The quantitative estimate of drug-likeness (QED) is 0.581. The summed E-state index contributed by atoms with van der Waals surface area (Å²) in [6, 6.07) is 0. The van der Waals surface area contributed by atoms with E-state index in [-0.39, 0.29) is 5.56 Å². The molecule has 0 bridgehead atoms. The molecule has 0 amide bonds. The molecule has 0 saturated heterocycles. The van der Waals surface area contributed by atoms with Crippen LogP contribution in [-0.4, -0.2) is 29.3 Å². The Morgan fingerprint density at radius 3 is 2.71 bits per heavy atom. The van der Waals surface area contributed by atoms with Crippen LogP contribution in [0.2, 0.25) is 0 Å². The molecule has 0 aliphatic carbocycles. The van der Waals surface area contributed by atoms with Crippen LogP contribution in [-0.2, 0) is 7.05 Å². The molecule has 3 rings (SSSR count). The third-order valence-corrected chi connectivity index (χ3v) is 2.44. The largest absolute Gasteiger partial charge is 0.302 e. The smallest absolute Gasteiger partial charge is 0.264 e. The van der Waals surface area contributed by atoms with Gasteiger partial charge in [-0.15, -0.1) is 0 Å². The molecule has 0 aliphatic heterocycles. The second kappa shape index (κ2) is 3.48. The maximum Gasteiger partial charge on any atom is 0.264 e. The van der Waals surface area contributed by atoms with E-state index in [1.165, 1.54) is 28.1 Å². The minimum absolute atomic E-state index is 0.127. The van der Waals surface area contributed by atoms with Gasteiger partial charge in [-0.25, -0.2) is 19.6 Å². The lowest BCUT2D eigenvalue weighted by Crippen LogP contribution is -2.16. The van der Waals surface area contributed by atoms with E-state index in [0.717, 1.165) is 0 Å². The highest BCUT2D eigenvalue weighted by molar-refractivity contribution is 5.74. The predicted octanol–water partition coefficient (Wildman–Crippen LogP) is -0.0908. The van der Waals surface area contributed by atoms with Crippen LogP contribution >= 0.6 is 0 Å². The molecule has 0 unspecified atom stereocenters. The van der Waals surface area contributed by atoms with Gasteiger partial charge in [-0.3, -0.25) is 4.79 Å². The van der Waals surface area contributed by atoms with Crippen LogP contribution in [0.1, 0.15) is 0 Å². The van der Waals surface area contributed by atoms with Crippen LogP contribution in [0.3, 0.4) is 0 Å². The van der Waals surface area contributed by atoms with Gasteiger partial charge in [0, 0.05) is 7.05 Å². The minimum atomic E-state index is -0.127. The molecule has 0 fully saturated rings. The van der Waals surface area contributed by atoms with Crippen LogP contribution in [0.25, 0.3) is 16.7 Å². The van der Waals surface area contributed by atoms with Gasteiger partial charge in [-0.2, -0.15) is 5.10 Å². The van der Waals surface area contributed by atoms with Crippen molar-refractivity contribution >= 4 is 11.0 Å². The first kappa shape index (κ1) is 9.64. The summed E-state index contributed by atoms with van der Waals surface area (Å²) in [6.07, 6.45) is 7.61. The van der Waals surface area contributed by atoms with Gasteiger partial charge < -0.3 is 4.57 Å². The molecule has 0 atom stereocenters. The molecule has 7 heteroatoms. The van der Waals surface area contributed by atoms with Crippen LogP contribution in [0, 0.1) is 0 Å². The Bertz CT molecular complexity index is 729. The Morgan fingerprint density at radius 2 is 1.94 bits per heavy atom. The van der Waals surface area contributed by atoms with E-state index in [4.69, 9.17) is 0 Å². The Balaban J connectivity index is 2.34. The van der Waals surface area contributed by atoms with E-state index in [0.29, 0.717) is 16.7 Å². The topological polar surface area (TPSA) is 78.5 Å². The van der Waals surface area contributed by atoms with Crippen molar-refractivity contribution in [1.82, 2.24) is 29.3 Å². The number of hydrogen-bond acceptors (Lipinski definition) is 5. The van der Waals surface area contributed by atoms with Crippen molar-refractivity contribution in [3.8, 4) is 5.69 Å². The van der Waals surface area contributed by atoms with Crippen LogP contribution in [0.4, 0.5) is 0 Å². The molecule has 0 radical (unpaired) electrons. The van der Waals surface area contributed by atoms with Gasteiger partial charge >= 0.3 is 0 Å². The molecule has 0 aromatic carbocycles. The highest BCUT2D eigenvalue weighted by Crippen LogP contribution is 2.10. The summed E-state index contributed by atoms with van der Waals surface area (Å²) in [6.45, 7) is 0. The van der Waals surface area contributed by atoms with Gasteiger partial charge in [0.25, 0.3) is 5.56 Å². The second-order valence-corrected chi connectivity index (χ2v) is 3.55.